The first kappa shape index (κ1) is 13.0. The van der Waals surface area contributed by atoms with E-state index in [1.165, 1.54) is 0 Å². The van der Waals surface area contributed by atoms with Gasteiger partial charge >= 0.3 is 5.97 Å². The third-order valence-corrected chi connectivity index (χ3v) is 3.15. The lowest BCUT2D eigenvalue weighted by atomic mass is 9.77. The van der Waals surface area contributed by atoms with Crippen molar-refractivity contribution in [3.63, 3.8) is 0 Å². The van der Waals surface area contributed by atoms with Crippen LogP contribution in [0.4, 0.5) is 0 Å². The van der Waals surface area contributed by atoms with Crippen molar-refractivity contribution in [2.24, 2.45) is 5.73 Å². The van der Waals surface area contributed by atoms with Gasteiger partial charge < -0.3 is 16.2 Å². The number of carboxylic acid groups (broad SMARTS) is 1. The zero-order valence-corrected chi connectivity index (χ0v) is 9.66. The Hall–Kier alpha value is -1.10. The largest absolute Gasteiger partial charge is 0.480 e. The molecule has 0 bridgehead atoms. The number of carboxylic acids is 1. The van der Waals surface area contributed by atoms with Gasteiger partial charge in [0.05, 0.1) is 5.54 Å². The van der Waals surface area contributed by atoms with E-state index in [0.29, 0.717) is 19.3 Å². The molecule has 4 N–H and O–H groups in total. The summed E-state index contributed by atoms with van der Waals surface area (Å²) in [7, 11) is 0. The predicted octanol–water partition coefficient (Wildman–Crippen LogP) is 0.627. The van der Waals surface area contributed by atoms with Gasteiger partial charge in [0.1, 0.15) is 6.04 Å². The number of hydrogen-bond acceptors (Lipinski definition) is 3. The highest BCUT2D eigenvalue weighted by atomic mass is 16.4. The van der Waals surface area contributed by atoms with Crippen molar-refractivity contribution in [1.82, 2.24) is 5.32 Å². The molecule has 1 aliphatic carbocycles. The van der Waals surface area contributed by atoms with Gasteiger partial charge in [-0.05, 0) is 25.7 Å². The fourth-order valence-corrected chi connectivity index (χ4v) is 1.75. The molecule has 1 aliphatic rings. The summed E-state index contributed by atoms with van der Waals surface area (Å²) in [6, 6.07) is -0.798. The maximum Gasteiger partial charge on any atom is 0.326 e. The first-order valence-corrected chi connectivity index (χ1v) is 5.82. The minimum Gasteiger partial charge on any atom is -0.480 e. The highest BCUT2D eigenvalue weighted by Crippen LogP contribution is 2.29. The van der Waals surface area contributed by atoms with Crippen LogP contribution in [-0.4, -0.2) is 28.6 Å². The first-order chi connectivity index (χ1) is 7.49. The minimum absolute atomic E-state index is 0.317. The summed E-state index contributed by atoms with van der Waals surface area (Å²) in [5.74, 6) is -1.30. The van der Waals surface area contributed by atoms with E-state index < -0.39 is 17.6 Å². The number of hydrogen-bond donors (Lipinski definition) is 3. The van der Waals surface area contributed by atoms with E-state index in [-0.39, 0.29) is 5.91 Å². The second kappa shape index (κ2) is 5.30. The quantitative estimate of drug-likeness (QED) is 0.621. The summed E-state index contributed by atoms with van der Waals surface area (Å²) in [5.41, 5.74) is 5.00. The summed E-state index contributed by atoms with van der Waals surface area (Å²) in [5, 5.41) is 11.5. The Morgan fingerprint density at radius 1 is 1.50 bits per heavy atom. The van der Waals surface area contributed by atoms with Crippen molar-refractivity contribution in [3.8, 4) is 0 Å². The SMILES string of the molecule is CCCCC(NC(=O)C1(N)CCC1)C(=O)O. The van der Waals surface area contributed by atoms with Crippen LogP contribution in [0.5, 0.6) is 0 Å². The smallest absolute Gasteiger partial charge is 0.326 e. The number of rotatable bonds is 6. The third kappa shape index (κ3) is 2.95. The second-order valence-electron chi connectivity index (χ2n) is 4.52. The molecule has 0 spiro atoms. The van der Waals surface area contributed by atoms with Gasteiger partial charge in [-0.1, -0.05) is 19.8 Å². The number of unbranched alkanes of at least 4 members (excludes halogenated alkanes) is 1. The van der Waals surface area contributed by atoms with Crippen LogP contribution in [-0.2, 0) is 9.59 Å². The fraction of sp³-hybridized carbons (Fsp3) is 0.818. The molecule has 0 saturated heterocycles. The standard InChI is InChI=1S/C11H20N2O3/c1-2-3-5-8(9(14)15)13-10(16)11(12)6-4-7-11/h8H,2-7,12H2,1H3,(H,13,16)(H,14,15). The maximum absolute atomic E-state index is 11.7. The summed E-state index contributed by atoms with van der Waals surface area (Å²) < 4.78 is 0. The Balaban J connectivity index is 2.47. The van der Waals surface area contributed by atoms with E-state index in [1.807, 2.05) is 6.92 Å². The van der Waals surface area contributed by atoms with E-state index >= 15 is 0 Å². The van der Waals surface area contributed by atoms with Gasteiger partial charge in [0.15, 0.2) is 0 Å². The molecule has 1 rings (SSSR count). The summed E-state index contributed by atoms with van der Waals surface area (Å²) >= 11 is 0. The molecular formula is C11H20N2O3. The number of nitrogens with one attached hydrogen (secondary N) is 1. The average Bonchev–Trinajstić information content (AvgIpc) is 2.19. The van der Waals surface area contributed by atoms with Crippen molar-refractivity contribution in [3.05, 3.63) is 0 Å². The van der Waals surface area contributed by atoms with Crippen LogP contribution in [0.2, 0.25) is 0 Å². The van der Waals surface area contributed by atoms with Crippen LogP contribution in [0.15, 0.2) is 0 Å². The van der Waals surface area contributed by atoms with Gasteiger partial charge in [0.2, 0.25) is 5.91 Å². The van der Waals surface area contributed by atoms with Crippen LogP contribution >= 0.6 is 0 Å². The predicted molar refractivity (Wildman–Crippen MR) is 59.9 cm³/mol. The molecule has 1 amide bonds. The molecule has 1 fully saturated rings. The molecular weight excluding hydrogens is 208 g/mol. The highest BCUT2D eigenvalue weighted by Gasteiger charge is 2.41. The second-order valence-corrected chi connectivity index (χ2v) is 4.52. The van der Waals surface area contributed by atoms with Crippen LogP contribution < -0.4 is 11.1 Å². The van der Waals surface area contributed by atoms with Gasteiger partial charge in [-0.25, -0.2) is 4.79 Å². The molecule has 0 aliphatic heterocycles. The van der Waals surface area contributed by atoms with Crippen LogP contribution in [0.3, 0.4) is 0 Å². The average molecular weight is 228 g/mol. The lowest BCUT2D eigenvalue weighted by molar-refractivity contribution is -0.143. The van der Waals surface area contributed by atoms with E-state index in [0.717, 1.165) is 19.3 Å². The normalized spacial score (nSPS) is 19.6. The molecule has 0 radical (unpaired) electrons. The van der Waals surface area contributed by atoms with Gasteiger partial charge in [0.25, 0.3) is 0 Å². The lowest BCUT2D eigenvalue weighted by Crippen LogP contribution is -2.61. The topological polar surface area (TPSA) is 92.4 Å². The van der Waals surface area contributed by atoms with Crippen LogP contribution in [0.1, 0.15) is 45.4 Å². The lowest BCUT2D eigenvalue weighted by Gasteiger charge is -2.37. The Kier molecular flexibility index (Phi) is 4.29. The molecule has 0 aromatic carbocycles. The first-order valence-electron chi connectivity index (χ1n) is 5.82. The minimum atomic E-state index is -0.982. The highest BCUT2D eigenvalue weighted by molar-refractivity contribution is 5.90. The zero-order chi connectivity index (χ0) is 12.2. The van der Waals surface area contributed by atoms with E-state index in [9.17, 15) is 9.59 Å². The summed E-state index contributed by atoms with van der Waals surface area (Å²) in [6.45, 7) is 1.98. The van der Waals surface area contributed by atoms with Crippen molar-refractivity contribution < 1.29 is 14.7 Å². The molecule has 0 aromatic rings. The molecule has 0 aromatic heterocycles. The van der Waals surface area contributed by atoms with Crippen molar-refractivity contribution in [2.45, 2.75) is 57.0 Å². The zero-order valence-electron chi connectivity index (χ0n) is 9.66. The number of amides is 1. The van der Waals surface area contributed by atoms with Crippen LogP contribution in [0, 0.1) is 0 Å². The number of nitrogens with two attached hydrogens (primary N) is 1. The van der Waals surface area contributed by atoms with E-state index in [1.54, 1.807) is 0 Å². The summed E-state index contributed by atoms with van der Waals surface area (Å²) in [4.78, 5) is 22.6. The summed E-state index contributed by atoms with van der Waals surface area (Å²) in [6.07, 6.45) is 4.41. The third-order valence-electron chi connectivity index (χ3n) is 3.15. The van der Waals surface area contributed by atoms with Crippen LogP contribution in [0.25, 0.3) is 0 Å². The molecule has 1 unspecified atom stereocenters. The molecule has 92 valence electrons. The molecule has 5 nitrogen and oxygen atoms in total. The monoisotopic (exact) mass is 228 g/mol. The Morgan fingerprint density at radius 2 is 2.12 bits per heavy atom. The van der Waals surface area contributed by atoms with Crippen molar-refractivity contribution >= 4 is 11.9 Å². The van der Waals surface area contributed by atoms with Crippen molar-refractivity contribution in [2.75, 3.05) is 0 Å². The molecule has 1 saturated carbocycles. The fourth-order valence-electron chi connectivity index (χ4n) is 1.75. The van der Waals surface area contributed by atoms with Gasteiger partial charge in [-0.3, -0.25) is 4.79 Å². The van der Waals surface area contributed by atoms with E-state index in [2.05, 4.69) is 5.32 Å². The van der Waals surface area contributed by atoms with Gasteiger partial charge in [-0.2, -0.15) is 0 Å². The molecule has 1 atom stereocenters. The van der Waals surface area contributed by atoms with Crippen molar-refractivity contribution in [1.29, 1.82) is 0 Å². The number of aliphatic carboxylic acids is 1. The number of carbonyl (C=O) groups excluding carboxylic acids is 1. The van der Waals surface area contributed by atoms with Gasteiger partial charge in [-0.15, -0.1) is 0 Å². The Bertz CT molecular complexity index is 274. The molecule has 16 heavy (non-hydrogen) atoms. The Labute approximate surface area is 95.4 Å². The Morgan fingerprint density at radius 3 is 2.50 bits per heavy atom. The van der Waals surface area contributed by atoms with Gasteiger partial charge in [0, 0.05) is 0 Å². The van der Waals surface area contributed by atoms with E-state index in [4.69, 9.17) is 10.8 Å². The molecule has 5 heteroatoms. The number of carbonyl (C=O) groups is 2. The maximum atomic E-state index is 11.7. The molecule has 0 heterocycles.